The lowest BCUT2D eigenvalue weighted by molar-refractivity contribution is -0.0668. The van der Waals surface area contributed by atoms with Gasteiger partial charge in [-0.15, -0.1) is 0 Å². The predicted octanol–water partition coefficient (Wildman–Crippen LogP) is 1.91. The topological polar surface area (TPSA) is 35.6 Å². The molecule has 104 valence electrons. The van der Waals surface area contributed by atoms with Crippen LogP contribution in [0.25, 0.3) is 0 Å². The third-order valence-electron chi connectivity index (χ3n) is 4.04. The van der Waals surface area contributed by atoms with E-state index in [2.05, 4.69) is 49.7 Å². The molecule has 0 aromatic heterocycles. The van der Waals surface area contributed by atoms with Crippen LogP contribution in [0.3, 0.4) is 0 Å². The molecule has 0 aliphatic carbocycles. The zero-order valence-corrected chi connectivity index (χ0v) is 12.4. The lowest BCUT2D eigenvalue weighted by atomic mass is 9.85. The minimum atomic E-state index is 0.138. The lowest BCUT2D eigenvalue weighted by Crippen LogP contribution is -2.73. The van der Waals surface area contributed by atoms with Crippen LogP contribution in [0.15, 0.2) is 0 Å². The summed E-state index contributed by atoms with van der Waals surface area (Å²) >= 11 is 0. The zero-order valence-electron chi connectivity index (χ0n) is 12.4. The molecule has 4 heteroatoms. The second-order valence-corrected chi connectivity index (χ2v) is 7.11. The largest absolute Gasteiger partial charge is 0.338 e. The molecular weight excluding hydrogens is 226 g/mol. The van der Waals surface area contributed by atoms with E-state index in [4.69, 9.17) is 0 Å². The fourth-order valence-corrected chi connectivity index (χ4v) is 2.87. The van der Waals surface area contributed by atoms with Crippen molar-refractivity contribution < 1.29 is 4.79 Å². The maximum Gasteiger partial charge on any atom is 0.318 e. The van der Waals surface area contributed by atoms with Gasteiger partial charge in [0.1, 0.15) is 0 Å². The van der Waals surface area contributed by atoms with E-state index in [9.17, 15) is 4.79 Å². The average Bonchev–Trinajstić information content (AvgIpc) is 2.25. The minimum Gasteiger partial charge on any atom is -0.338 e. The summed E-state index contributed by atoms with van der Waals surface area (Å²) in [6.45, 7) is 13.8. The third kappa shape index (κ3) is 2.63. The van der Waals surface area contributed by atoms with Crippen molar-refractivity contribution in [2.24, 2.45) is 5.92 Å². The van der Waals surface area contributed by atoms with Crippen molar-refractivity contribution in [3.05, 3.63) is 0 Å². The van der Waals surface area contributed by atoms with Crippen LogP contribution in [0, 0.1) is 5.92 Å². The smallest absolute Gasteiger partial charge is 0.318 e. The summed E-state index contributed by atoms with van der Waals surface area (Å²) in [4.78, 5) is 16.7. The molecule has 3 saturated heterocycles. The highest BCUT2D eigenvalue weighted by Crippen LogP contribution is 2.35. The molecule has 2 bridgehead atoms. The Morgan fingerprint density at radius 3 is 2.28 bits per heavy atom. The molecule has 3 aliphatic heterocycles. The van der Waals surface area contributed by atoms with E-state index in [0.29, 0.717) is 18.0 Å². The Balaban J connectivity index is 1.87. The van der Waals surface area contributed by atoms with Crippen LogP contribution < -0.4 is 5.32 Å². The number of urea groups is 1. The van der Waals surface area contributed by atoms with Crippen molar-refractivity contribution in [3.8, 4) is 0 Å². The van der Waals surface area contributed by atoms with Gasteiger partial charge < -0.3 is 10.2 Å². The maximum absolute atomic E-state index is 12.1. The first-order chi connectivity index (χ1) is 8.29. The summed E-state index contributed by atoms with van der Waals surface area (Å²) in [5.74, 6) is 0.515. The molecule has 2 amide bonds. The number of hydrogen-bond donors (Lipinski definition) is 1. The number of nitrogens with zero attached hydrogens (tertiary/aromatic N) is 2. The van der Waals surface area contributed by atoms with Crippen LogP contribution in [0.4, 0.5) is 4.79 Å². The van der Waals surface area contributed by atoms with E-state index >= 15 is 0 Å². The van der Waals surface area contributed by atoms with Gasteiger partial charge in [0, 0.05) is 37.3 Å². The van der Waals surface area contributed by atoms with Crippen molar-refractivity contribution in [1.82, 2.24) is 15.1 Å². The molecule has 0 saturated carbocycles. The molecule has 1 N–H and O–H groups in total. The number of nitrogens with one attached hydrogen (secondary N) is 1. The molecule has 2 unspecified atom stereocenters. The number of piperazine rings is 1. The molecule has 0 spiro atoms. The first kappa shape index (κ1) is 13.7. The Bertz CT molecular complexity index is 309. The van der Waals surface area contributed by atoms with E-state index in [-0.39, 0.29) is 11.6 Å². The summed E-state index contributed by atoms with van der Waals surface area (Å²) < 4.78 is 0. The summed E-state index contributed by atoms with van der Waals surface area (Å²) in [5.41, 5.74) is 0.220. The summed E-state index contributed by atoms with van der Waals surface area (Å²) in [6, 6.07) is 0.990. The highest BCUT2D eigenvalue weighted by molar-refractivity contribution is 5.76. The molecule has 3 heterocycles. The van der Waals surface area contributed by atoms with Crippen LogP contribution in [0.2, 0.25) is 0 Å². The van der Waals surface area contributed by atoms with Crippen LogP contribution >= 0.6 is 0 Å². The van der Waals surface area contributed by atoms with Crippen LogP contribution in [0.1, 0.15) is 41.0 Å². The second kappa shape index (κ2) is 4.72. The van der Waals surface area contributed by atoms with Crippen LogP contribution in [-0.2, 0) is 0 Å². The average molecular weight is 253 g/mol. The molecule has 0 aromatic rings. The number of piperidine rings is 1. The van der Waals surface area contributed by atoms with E-state index in [1.165, 1.54) is 6.42 Å². The van der Waals surface area contributed by atoms with Gasteiger partial charge in [0.05, 0.1) is 0 Å². The van der Waals surface area contributed by atoms with Gasteiger partial charge in [-0.2, -0.15) is 0 Å². The fraction of sp³-hybridized carbons (Fsp3) is 0.929. The first-order valence-electron chi connectivity index (χ1n) is 7.10. The molecule has 18 heavy (non-hydrogen) atoms. The van der Waals surface area contributed by atoms with Crippen LogP contribution in [-0.4, -0.2) is 53.1 Å². The monoisotopic (exact) mass is 253 g/mol. The van der Waals surface area contributed by atoms with Gasteiger partial charge in [-0.3, -0.25) is 4.90 Å². The molecule has 0 aromatic carbocycles. The number of rotatable bonds is 2. The number of carbonyl (C=O) groups is 1. The number of hydrogen-bond acceptors (Lipinski definition) is 2. The molecule has 0 radical (unpaired) electrons. The van der Waals surface area contributed by atoms with Crippen molar-refractivity contribution in [2.75, 3.05) is 19.6 Å². The molecule has 4 nitrogen and oxygen atoms in total. The normalized spacial score (nSPS) is 28.2. The van der Waals surface area contributed by atoms with Crippen molar-refractivity contribution in [1.29, 1.82) is 0 Å². The quantitative estimate of drug-likeness (QED) is 0.816. The maximum atomic E-state index is 12.1. The number of amides is 2. The molecule has 3 fully saturated rings. The second-order valence-electron chi connectivity index (χ2n) is 7.11. The van der Waals surface area contributed by atoms with Gasteiger partial charge in [-0.25, -0.2) is 4.79 Å². The molecule has 3 rings (SSSR count). The Kier molecular flexibility index (Phi) is 3.58. The Morgan fingerprint density at radius 2 is 1.83 bits per heavy atom. The molecule has 2 atom stereocenters. The SMILES string of the molecule is CC(C)CNC(=O)N1C2CC1CN(C(C)(C)C)C2. The van der Waals surface area contributed by atoms with E-state index in [1.807, 2.05) is 0 Å². The van der Waals surface area contributed by atoms with Crippen molar-refractivity contribution in [3.63, 3.8) is 0 Å². The van der Waals surface area contributed by atoms with Gasteiger partial charge >= 0.3 is 6.03 Å². The fourth-order valence-electron chi connectivity index (χ4n) is 2.87. The highest BCUT2D eigenvalue weighted by atomic mass is 16.2. The third-order valence-corrected chi connectivity index (χ3v) is 4.04. The zero-order chi connectivity index (χ0) is 13.5. The number of fused-ring (bicyclic) bond motifs is 2. The summed E-state index contributed by atoms with van der Waals surface area (Å²) in [7, 11) is 0. The van der Waals surface area contributed by atoms with E-state index in [1.54, 1.807) is 0 Å². The Labute approximate surface area is 111 Å². The Hall–Kier alpha value is -0.770. The number of carbonyl (C=O) groups excluding carboxylic acids is 1. The van der Waals surface area contributed by atoms with Gasteiger partial charge in [0.2, 0.25) is 0 Å². The van der Waals surface area contributed by atoms with E-state index in [0.717, 1.165) is 19.6 Å². The van der Waals surface area contributed by atoms with Crippen molar-refractivity contribution >= 4 is 6.03 Å². The van der Waals surface area contributed by atoms with Gasteiger partial charge in [-0.1, -0.05) is 13.8 Å². The Morgan fingerprint density at radius 1 is 1.28 bits per heavy atom. The highest BCUT2D eigenvalue weighted by Gasteiger charge is 2.48. The van der Waals surface area contributed by atoms with E-state index < -0.39 is 0 Å². The first-order valence-corrected chi connectivity index (χ1v) is 7.10. The van der Waals surface area contributed by atoms with Gasteiger partial charge in [-0.05, 0) is 33.1 Å². The lowest BCUT2D eigenvalue weighted by Gasteiger charge is -2.58. The molecule has 3 aliphatic rings. The van der Waals surface area contributed by atoms with Gasteiger partial charge in [0.15, 0.2) is 0 Å². The van der Waals surface area contributed by atoms with Crippen molar-refractivity contribution in [2.45, 2.75) is 58.7 Å². The molecular formula is C14H27N3O. The summed E-state index contributed by atoms with van der Waals surface area (Å²) in [5, 5.41) is 3.03. The summed E-state index contributed by atoms with van der Waals surface area (Å²) in [6.07, 6.45) is 1.18. The van der Waals surface area contributed by atoms with Crippen LogP contribution in [0.5, 0.6) is 0 Å². The minimum absolute atomic E-state index is 0.138. The van der Waals surface area contributed by atoms with Gasteiger partial charge in [0.25, 0.3) is 0 Å². The predicted molar refractivity (Wildman–Crippen MR) is 73.6 cm³/mol. The standard InChI is InChI=1S/C14H27N3O/c1-10(2)7-15-13(18)17-11-6-12(17)9-16(8-11)14(3,4)5/h10-12H,6-9H2,1-5H3,(H,15,18).